The zero-order chi connectivity index (χ0) is 19.3. The van der Waals surface area contributed by atoms with E-state index in [9.17, 15) is 4.79 Å². The molecule has 1 N–H and O–H groups in total. The predicted molar refractivity (Wildman–Crippen MR) is 108 cm³/mol. The number of nitrogens with one attached hydrogen (secondary N) is 1. The Bertz CT molecular complexity index is 801. The third-order valence-corrected chi connectivity index (χ3v) is 5.31. The average molecular weight is 381 g/mol. The summed E-state index contributed by atoms with van der Waals surface area (Å²) in [6, 6.07) is 11.5. The summed E-state index contributed by atoms with van der Waals surface area (Å²) in [7, 11) is 0. The number of hydrogen-bond donors (Lipinski definition) is 1. The summed E-state index contributed by atoms with van der Waals surface area (Å²) in [5.41, 5.74) is 0.969. The molecule has 28 heavy (non-hydrogen) atoms. The van der Waals surface area contributed by atoms with Crippen LogP contribution >= 0.6 is 0 Å². The predicted octanol–water partition coefficient (Wildman–Crippen LogP) is 3.31. The minimum Gasteiger partial charge on any atom is -0.482 e. The van der Waals surface area contributed by atoms with Gasteiger partial charge in [0.2, 0.25) is 6.10 Å². The summed E-state index contributed by atoms with van der Waals surface area (Å²) in [5, 5.41) is 2.94. The van der Waals surface area contributed by atoms with E-state index in [2.05, 4.69) is 15.2 Å². The van der Waals surface area contributed by atoms with E-state index in [-0.39, 0.29) is 12.0 Å². The average Bonchev–Trinajstić information content (AvgIpc) is 3.01. The van der Waals surface area contributed by atoms with Crippen molar-refractivity contribution in [2.45, 2.75) is 51.4 Å². The van der Waals surface area contributed by atoms with Crippen LogP contribution in [0.1, 0.15) is 38.2 Å². The monoisotopic (exact) mass is 381 g/mol. The molecule has 148 valence electrons. The lowest BCUT2D eigenvalue weighted by Crippen LogP contribution is -2.48. The maximum absolute atomic E-state index is 12.6. The number of para-hydroxylation sites is 2. The molecular weight excluding hydrogens is 354 g/mol. The number of rotatable bonds is 4. The third-order valence-electron chi connectivity index (χ3n) is 5.31. The SMILES string of the molecule is C[C@@H]1Oc2ccccc2O[C@@H]1C(=O)NCc1ccc(N2CCCCCC2)nc1. The number of fused-ring (bicyclic) bond motifs is 1. The highest BCUT2D eigenvalue weighted by molar-refractivity contribution is 5.82. The van der Waals surface area contributed by atoms with Crippen molar-refractivity contribution in [2.24, 2.45) is 0 Å². The summed E-state index contributed by atoms with van der Waals surface area (Å²) < 4.78 is 11.7. The highest BCUT2D eigenvalue weighted by atomic mass is 16.6. The van der Waals surface area contributed by atoms with Crippen molar-refractivity contribution in [3.63, 3.8) is 0 Å². The number of anilines is 1. The van der Waals surface area contributed by atoms with Crippen molar-refractivity contribution in [3.05, 3.63) is 48.2 Å². The maximum Gasteiger partial charge on any atom is 0.265 e. The number of carbonyl (C=O) groups excluding carboxylic acids is 1. The molecule has 0 saturated carbocycles. The van der Waals surface area contributed by atoms with Crippen molar-refractivity contribution in [1.82, 2.24) is 10.3 Å². The van der Waals surface area contributed by atoms with Gasteiger partial charge in [-0.3, -0.25) is 4.79 Å². The van der Waals surface area contributed by atoms with Gasteiger partial charge in [0.1, 0.15) is 11.9 Å². The fraction of sp³-hybridized carbons (Fsp3) is 0.455. The first-order valence-electron chi connectivity index (χ1n) is 10.1. The van der Waals surface area contributed by atoms with E-state index in [1.165, 1.54) is 25.7 Å². The Labute approximate surface area is 165 Å². The van der Waals surface area contributed by atoms with E-state index in [4.69, 9.17) is 9.47 Å². The minimum absolute atomic E-state index is 0.182. The number of carbonyl (C=O) groups is 1. The number of aromatic nitrogens is 1. The molecule has 2 aliphatic rings. The van der Waals surface area contributed by atoms with Gasteiger partial charge in [-0.15, -0.1) is 0 Å². The third kappa shape index (κ3) is 4.21. The first-order valence-corrected chi connectivity index (χ1v) is 10.1. The quantitative estimate of drug-likeness (QED) is 0.880. The Morgan fingerprint density at radius 2 is 1.79 bits per heavy atom. The molecule has 1 aromatic carbocycles. The lowest BCUT2D eigenvalue weighted by Gasteiger charge is -2.31. The molecule has 6 nitrogen and oxygen atoms in total. The van der Waals surface area contributed by atoms with Gasteiger partial charge in [-0.25, -0.2) is 4.98 Å². The van der Waals surface area contributed by atoms with Gasteiger partial charge < -0.3 is 19.7 Å². The number of ether oxygens (including phenoxy) is 2. The van der Waals surface area contributed by atoms with E-state index in [1.54, 1.807) is 0 Å². The molecular formula is C22H27N3O3. The van der Waals surface area contributed by atoms with Crippen LogP contribution in [0.5, 0.6) is 11.5 Å². The van der Waals surface area contributed by atoms with E-state index in [0.717, 1.165) is 24.5 Å². The second kappa shape index (κ2) is 8.50. The standard InChI is InChI=1S/C22H27N3O3/c1-16-21(28-19-9-5-4-8-18(19)27-16)22(26)24-15-17-10-11-20(23-14-17)25-12-6-2-3-7-13-25/h4-5,8-11,14,16,21H,2-3,6-7,12-13,15H2,1H3,(H,24,26)/t16-,21-/m0/s1. The zero-order valence-electron chi connectivity index (χ0n) is 16.3. The van der Waals surface area contributed by atoms with Crippen LogP contribution in [0.3, 0.4) is 0 Å². The van der Waals surface area contributed by atoms with Gasteiger partial charge in [0.05, 0.1) is 0 Å². The Hall–Kier alpha value is -2.76. The van der Waals surface area contributed by atoms with Crippen molar-refractivity contribution in [2.75, 3.05) is 18.0 Å². The second-order valence-electron chi connectivity index (χ2n) is 7.45. The van der Waals surface area contributed by atoms with Gasteiger partial charge in [-0.2, -0.15) is 0 Å². The molecule has 0 radical (unpaired) electrons. The van der Waals surface area contributed by atoms with Gasteiger partial charge in [0.15, 0.2) is 11.5 Å². The minimum atomic E-state index is -0.667. The van der Waals surface area contributed by atoms with Crippen LogP contribution in [0.2, 0.25) is 0 Å². The summed E-state index contributed by atoms with van der Waals surface area (Å²) >= 11 is 0. The Kier molecular flexibility index (Phi) is 5.65. The molecule has 3 heterocycles. The Balaban J connectivity index is 1.33. The number of nitrogens with zero attached hydrogens (tertiary/aromatic N) is 2. The lowest BCUT2D eigenvalue weighted by molar-refractivity contribution is -0.133. The molecule has 1 aromatic heterocycles. The Morgan fingerprint density at radius 1 is 1.07 bits per heavy atom. The zero-order valence-corrected chi connectivity index (χ0v) is 16.3. The Morgan fingerprint density at radius 3 is 2.46 bits per heavy atom. The van der Waals surface area contributed by atoms with Gasteiger partial charge in [0, 0.05) is 25.8 Å². The smallest absolute Gasteiger partial charge is 0.265 e. The maximum atomic E-state index is 12.6. The largest absolute Gasteiger partial charge is 0.482 e. The summed E-state index contributed by atoms with van der Waals surface area (Å²) in [6.45, 7) is 4.40. The molecule has 4 rings (SSSR count). The normalized spacial score (nSPS) is 21.7. The van der Waals surface area contributed by atoms with Crippen molar-refractivity contribution in [1.29, 1.82) is 0 Å². The summed E-state index contributed by atoms with van der Waals surface area (Å²) in [5.74, 6) is 2.11. The van der Waals surface area contributed by atoms with Crippen LogP contribution in [0.4, 0.5) is 5.82 Å². The lowest BCUT2D eigenvalue weighted by atomic mass is 10.1. The fourth-order valence-electron chi connectivity index (χ4n) is 3.70. The number of pyridine rings is 1. The van der Waals surface area contributed by atoms with E-state index >= 15 is 0 Å². The molecule has 0 spiro atoms. The second-order valence-corrected chi connectivity index (χ2v) is 7.45. The van der Waals surface area contributed by atoms with Crippen molar-refractivity contribution < 1.29 is 14.3 Å². The van der Waals surface area contributed by atoms with E-state index in [1.807, 2.05) is 49.5 Å². The molecule has 1 saturated heterocycles. The molecule has 6 heteroatoms. The molecule has 1 fully saturated rings. The van der Waals surface area contributed by atoms with Crippen LogP contribution in [0.15, 0.2) is 42.6 Å². The molecule has 2 aliphatic heterocycles. The molecule has 0 unspecified atom stereocenters. The van der Waals surface area contributed by atoms with Crippen LogP contribution < -0.4 is 19.7 Å². The highest BCUT2D eigenvalue weighted by Gasteiger charge is 2.33. The summed E-state index contributed by atoms with van der Waals surface area (Å²) in [4.78, 5) is 19.5. The first kappa shape index (κ1) is 18.6. The molecule has 0 aliphatic carbocycles. The molecule has 0 bridgehead atoms. The topological polar surface area (TPSA) is 63.7 Å². The summed E-state index contributed by atoms with van der Waals surface area (Å²) in [6.07, 6.45) is 5.89. The van der Waals surface area contributed by atoms with Gasteiger partial charge in [-0.05, 0) is 43.5 Å². The van der Waals surface area contributed by atoms with E-state index in [0.29, 0.717) is 18.0 Å². The van der Waals surface area contributed by atoms with Crippen LogP contribution in [-0.2, 0) is 11.3 Å². The van der Waals surface area contributed by atoms with Crippen molar-refractivity contribution in [3.8, 4) is 11.5 Å². The van der Waals surface area contributed by atoms with Gasteiger partial charge in [0.25, 0.3) is 5.91 Å². The number of hydrogen-bond acceptors (Lipinski definition) is 5. The van der Waals surface area contributed by atoms with E-state index < -0.39 is 6.10 Å². The molecule has 2 atom stereocenters. The fourth-order valence-corrected chi connectivity index (χ4v) is 3.70. The number of amides is 1. The van der Waals surface area contributed by atoms with Gasteiger partial charge in [-0.1, -0.05) is 31.0 Å². The molecule has 1 amide bonds. The van der Waals surface area contributed by atoms with Gasteiger partial charge >= 0.3 is 0 Å². The number of benzene rings is 1. The van der Waals surface area contributed by atoms with Crippen LogP contribution in [0.25, 0.3) is 0 Å². The first-order chi connectivity index (χ1) is 13.7. The van der Waals surface area contributed by atoms with Crippen LogP contribution in [-0.4, -0.2) is 36.2 Å². The molecule has 2 aromatic rings. The van der Waals surface area contributed by atoms with Crippen molar-refractivity contribution >= 4 is 11.7 Å². The highest BCUT2D eigenvalue weighted by Crippen LogP contribution is 2.33. The van der Waals surface area contributed by atoms with Crippen LogP contribution in [0, 0.1) is 0 Å².